The van der Waals surface area contributed by atoms with Gasteiger partial charge in [-0.05, 0) is 160 Å². The third kappa shape index (κ3) is 10.3. The minimum Gasteiger partial charge on any atom is -0.465 e. The molecule has 4 aliphatic carbocycles. The second kappa shape index (κ2) is 16.7. The summed E-state index contributed by atoms with van der Waals surface area (Å²) in [7, 11) is 1.23. The van der Waals surface area contributed by atoms with Gasteiger partial charge in [0.1, 0.15) is 34.0 Å². The summed E-state index contributed by atoms with van der Waals surface area (Å²) in [4.78, 5) is 61.2. The van der Waals surface area contributed by atoms with E-state index in [9.17, 15) is 19.2 Å². The highest BCUT2D eigenvalue weighted by Crippen LogP contribution is 2.72. The number of fused-ring (bicyclic) bond motifs is 1. The van der Waals surface area contributed by atoms with Gasteiger partial charge in [0.2, 0.25) is 0 Å². The molecule has 4 bridgehead atoms. The summed E-state index contributed by atoms with van der Waals surface area (Å²) in [5.74, 6) is -1.49. The average Bonchev–Trinajstić information content (AvgIpc) is 3.50. The number of esters is 2. The summed E-state index contributed by atoms with van der Waals surface area (Å²) in [5, 5.41) is 4.97. The summed E-state index contributed by atoms with van der Waals surface area (Å²) >= 11 is 0. The van der Waals surface area contributed by atoms with Gasteiger partial charge in [0.25, 0.3) is 0 Å². The third-order valence-electron chi connectivity index (χ3n) is 13.0. The minimum atomic E-state index is -0.808. The number of halogens is 1. The summed E-state index contributed by atoms with van der Waals surface area (Å²) < 4.78 is 46.1. The molecule has 2 aromatic heterocycles. The second-order valence-corrected chi connectivity index (χ2v) is 22.9. The van der Waals surface area contributed by atoms with Gasteiger partial charge in [0, 0.05) is 36.5 Å². The maximum Gasteiger partial charge on any atom is 0.419 e. The van der Waals surface area contributed by atoms with Crippen molar-refractivity contribution in [1.29, 1.82) is 0 Å². The number of rotatable bonds is 10. The van der Waals surface area contributed by atoms with E-state index in [0.717, 1.165) is 60.2 Å². The Balaban J connectivity index is 1.16. The molecule has 65 heavy (non-hydrogen) atoms. The molecule has 8 rings (SSSR count). The van der Waals surface area contributed by atoms with Crippen molar-refractivity contribution in [1.82, 2.24) is 19.7 Å². The van der Waals surface area contributed by atoms with Gasteiger partial charge in [-0.25, -0.2) is 33.5 Å². The first-order chi connectivity index (χ1) is 30.0. The van der Waals surface area contributed by atoms with Gasteiger partial charge in [-0.15, -0.1) is 0 Å². The molecule has 2 unspecified atom stereocenters. The largest absolute Gasteiger partial charge is 0.465 e. The van der Waals surface area contributed by atoms with Gasteiger partial charge in [0.05, 0.1) is 32.1 Å². The number of benzene rings is 1. The lowest BCUT2D eigenvalue weighted by atomic mass is 9.39. The standard InChI is InChI=1S/C50H68FN5O9/c1-31-34(33-15-17-37(53-39(33)41(58)63-44(2,3)4)54-19-18-32-14-16-36(51)38(35(32)23-54)40(57)61-13)22-52-56(31)30-49-25-47(11)24-48(12,26-49)28-50(27-47,29-49)62-21-20-55(42(59)64-45(5,6)7)43(60)65-46(8,9)10/h14-17,22H,18-21,23-30H2,1-13H3. The van der Waals surface area contributed by atoms with Crippen LogP contribution in [0.3, 0.4) is 0 Å². The minimum absolute atomic E-state index is 0.00535. The zero-order chi connectivity index (χ0) is 47.7. The predicted octanol–water partition coefficient (Wildman–Crippen LogP) is 10.0. The summed E-state index contributed by atoms with van der Waals surface area (Å²) in [6.07, 6.45) is 6.40. The van der Waals surface area contributed by atoms with Crippen LogP contribution in [0.15, 0.2) is 30.5 Å². The molecule has 5 aliphatic rings. The first kappa shape index (κ1) is 47.9. The number of aromatic nitrogens is 3. The lowest BCUT2D eigenvalue weighted by Crippen LogP contribution is -2.64. The lowest BCUT2D eigenvalue weighted by Gasteiger charge is -2.69. The van der Waals surface area contributed by atoms with Crippen LogP contribution >= 0.6 is 0 Å². The van der Waals surface area contributed by atoms with Crippen LogP contribution in [0.5, 0.6) is 0 Å². The molecule has 4 saturated carbocycles. The first-order valence-corrected chi connectivity index (χ1v) is 22.8. The van der Waals surface area contributed by atoms with Crippen molar-refractivity contribution < 1.29 is 47.3 Å². The highest BCUT2D eigenvalue weighted by Gasteiger charge is 2.66. The fourth-order valence-corrected chi connectivity index (χ4v) is 12.0. The van der Waals surface area contributed by atoms with Crippen molar-refractivity contribution >= 4 is 29.9 Å². The Hall–Kier alpha value is -5.05. The summed E-state index contributed by atoms with van der Waals surface area (Å²) in [6, 6.07) is 6.71. The fourth-order valence-electron chi connectivity index (χ4n) is 12.0. The molecular formula is C50H68FN5O9. The highest BCUT2D eigenvalue weighted by atomic mass is 19.1. The molecule has 0 N–H and O–H groups in total. The van der Waals surface area contributed by atoms with Crippen LogP contribution in [0.1, 0.15) is 152 Å². The van der Waals surface area contributed by atoms with Crippen molar-refractivity contribution in [3.05, 3.63) is 64.4 Å². The van der Waals surface area contributed by atoms with E-state index in [0.29, 0.717) is 36.5 Å². The van der Waals surface area contributed by atoms with Crippen LogP contribution < -0.4 is 4.90 Å². The quantitative estimate of drug-likeness (QED) is 0.141. The zero-order valence-corrected chi connectivity index (χ0v) is 40.7. The van der Waals surface area contributed by atoms with Gasteiger partial charge in [0.15, 0.2) is 5.69 Å². The molecule has 354 valence electrons. The van der Waals surface area contributed by atoms with Crippen LogP contribution in [0, 0.1) is 29.0 Å². The Morgan fingerprint density at radius 2 is 1.40 bits per heavy atom. The Bertz CT molecular complexity index is 2330. The van der Waals surface area contributed by atoms with E-state index in [1.807, 2.05) is 49.4 Å². The van der Waals surface area contributed by atoms with Crippen LogP contribution in [-0.2, 0) is 43.2 Å². The topological polar surface area (TPSA) is 152 Å². The van der Waals surface area contributed by atoms with Gasteiger partial charge in [-0.1, -0.05) is 19.9 Å². The molecule has 2 amide bonds. The molecular weight excluding hydrogens is 834 g/mol. The molecule has 1 aliphatic heterocycles. The van der Waals surface area contributed by atoms with Crippen molar-refractivity contribution in [3.63, 3.8) is 0 Å². The van der Waals surface area contributed by atoms with E-state index < -0.39 is 52.3 Å². The van der Waals surface area contributed by atoms with E-state index in [1.54, 1.807) is 53.8 Å². The molecule has 2 atom stereocenters. The number of imide groups is 1. The Morgan fingerprint density at radius 3 is 1.98 bits per heavy atom. The van der Waals surface area contributed by atoms with Crippen LogP contribution in [-0.4, -0.2) is 93.0 Å². The molecule has 0 spiro atoms. The molecule has 0 radical (unpaired) electrons. The van der Waals surface area contributed by atoms with E-state index in [2.05, 4.69) is 13.8 Å². The maximum absolute atomic E-state index is 15.0. The van der Waals surface area contributed by atoms with Gasteiger partial charge >= 0.3 is 24.1 Å². The number of carbonyl (C=O) groups is 4. The lowest BCUT2D eigenvalue weighted by molar-refractivity contribution is -0.248. The number of amides is 2. The highest BCUT2D eigenvalue weighted by molar-refractivity contribution is 5.96. The summed E-state index contributed by atoms with van der Waals surface area (Å²) in [5.41, 5.74) is 0.600. The van der Waals surface area contributed by atoms with Crippen molar-refractivity contribution in [2.75, 3.05) is 31.7 Å². The van der Waals surface area contributed by atoms with Crippen LogP contribution in [0.25, 0.3) is 11.1 Å². The Labute approximate surface area is 382 Å². The molecule has 1 aromatic carbocycles. The van der Waals surface area contributed by atoms with E-state index in [-0.39, 0.29) is 47.2 Å². The monoisotopic (exact) mass is 902 g/mol. The van der Waals surface area contributed by atoms with E-state index in [4.69, 9.17) is 33.8 Å². The van der Waals surface area contributed by atoms with Gasteiger partial charge < -0.3 is 28.6 Å². The van der Waals surface area contributed by atoms with Crippen molar-refractivity contribution in [2.45, 2.75) is 164 Å². The van der Waals surface area contributed by atoms with E-state index >= 15 is 4.39 Å². The Morgan fingerprint density at radius 1 is 0.785 bits per heavy atom. The van der Waals surface area contributed by atoms with Gasteiger partial charge in [-0.2, -0.15) is 5.10 Å². The predicted molar refractivity (Wildman–Crippen MR) is 242 cm³/mol. The number of methoxy groups -OCH3 is 1. The maximum atomic E-state index is 15.0. The number of hydrogen-bond donors (Lipinski definition) is 0. The molecule has 15 heteroatoms. The number of nitrogens with zero attached hydrogens (tertiary/aromatic N) is 5. The second-order valence-electron chi connectivity index (χ2n) is 22.9. The number of carbonyl (C=O) groups excluding carboxylic acids is 4. The molecule has 3 heterocycles. The molecule has 0 saturated heterocycles. The van der Waals surface area contributed by atoms with Crippen molar-refractivity contribution in [2.24, 2.45) is 16.2 Å². The number of pyridine rings is 1. The number of ether oxygens (including phenoxy) is 5. The smallest absolute Gasteiger partial charge is 0.419 e. The van der Waals surface area contributed by atoms with Crippen LogP contribution in [0.2, 0.25) is 0 Å². The number of anilines is 1. The fraction of sp³-hybridized carbons (Fsp3) is 0.640. The van der Waals surface area contributed by atoms with Gasteiger partial charge in [-0.3, -0.25) is 4.68 Å². The SMILES string of the molecule is COC(=O)c1c(F)ccc2c1CN(c1ccc(-c3cnn(CC45CC6(C)CC(C)(C4)CC(OCCN(C(=O)OC(C)(C)C)C(=O)OC(C)(C)C)(C6)C5)c3C)c(C(=O)OC(C)(C)C)n1)CC2. The van der Waals surface area contributed by atoms with E-state index in [1.165, 1.54) is 13.2 Å². The molecule has 4 fully saturated rings. The zero-order valence-electron chi connectivity index (χ0n) is 40.7. The van der Waals surface area contributed by atoms with Crippen molar-refractivity contribution in [3.8, 4) is 11.1 Å². The average molecular weight is 902 g/mol. The van der Waals surface area contributed by atoms with Crippen LogP contribution in [0.4, 0.5) is 19.8 Å². The Kier molecular flexibility index (Phi) is 12.3. The summed E-state index contributed by atoms with van der Waals surface area (Å²) in [6.45, 7) is 24.2. The number of hydrogen-bond acceptors (Lipinski definition) is 12. The first-order valence-electron chi connectivity index (χ1n) is 22.8. The normalized spacial score (nSPS) is 24.9. The molecule has 3 aromatic rings. The third-order valence-corrected chi connectivity index (χ3v) is 13.0. The molecule has 14 nitrogen and oxygen atoms in total.